The number of ether oxygens (including phenoxy) is 2. The van der Waals surface area contributed by atoms with Crippen molar-refractivity contribution in [1.29, 1.82) is 0 Å². The second-order valence-electron chi connectivity index (χ2n) is 11.0. The third-order valence-electron chi connectivity index (χ3n) is 5.82. The van der Waals surface area contributed by atoms with Gasteiger partial charge in [0.15, 0.2) is 0 Å². The zero-order valence-corrected chi connectivity index (χ0v) is 19.3. The van der Waals surface area contributed by atoms with Gasteiger partial charge in [0.25, 0.3) is 0 Å². The van der Waals surface area contributed by atoms with Crippen molar-refractivity contribution in [3.8, 4) is 0 Å². The van der Waals surface area contributed by atoms with Crippen LogP contribution in [0.5, 0.6) is 0 Å². The standard InChI is InChI=1S/C22H38N2O4/c1-19(2,3)15-13-27-21(7,8)23(15)17(25)11-12-18(26)24-16(20(4,5)6)14-28-22(24,9)10/h11-12,15-16H,13-14H2,1-10H3/b12-11+/t15-,16-/m1/s1. The fraction of sp³-hybridized carbons (Fsp3) is 0.818. The molecule has 0 aromatic rings. The van der Waals surface area contributed by atoms with Gasteiger partial charge in [0.05, 0.1) is 25.3 Å². The summed E-state index contributed by atoms with van der Waals surface area (Å²) < 4.78 is 11.7. The van der Waals surface area contributed by atoms with Crippen LogP contribution in [0.25, 0.3) is 0 Å². The van der Waals surface area contributed by atoms with Gasteiger partial charge in [-0.3, -0.25) is 9.59 Å². The third-order valence-corrected chi connectivity index (χ3v) is 5.82. The predicted octanol–water partition coefficient (Wildman–Crippen LogP) is 3.56. The van der Waals surface area contributed by atoms with Crippen molar-refractivity contribution in [3.05, 3.63) is 12.2 Å². The molecule has 28 heavy (non-hydrogen) atoms. The summed E-state index contributed by atoms with van der Waals surface area (Å²) in [6.45, 7) is 21.1. The van der Waals surface area contributed by atoms with E-state index in [1.54, 1.807) is 9.80 Å². The van der Waals surface area contributed by atoms with Crippen molar-refractivity contribution < 1.29 is 19.1 Å². The zero-order chi connectivity index (χ0) is 21.7. The number of rotatable bonds is 2. The Kier molecular flexibility index (Phi) is 5.83. The van der Waals surface area contributed by atoms with E-state index in [2.05, 4.69) is 41.5 Å². The third kappa shape index (κ3) is 4.43. The minimum Gasteiger partial charge on any atom is -0.354 e. The van der Waals surface area contributed by atoms with Gasteiger partial charge in [-0.25, -0.2) is 0 Å². The summed E-state index contributed by atoms with van der Waals surface area (Å²) in [5.41, 5.74) is -1.65. The summed E-state index contributed by atoms with van der Waals surface area (Å²) in [6.07, 6.45) is 2.76. The van der Waals surface area contributed by atoms with Gasteiger partial charge >= 0.3 is 0 Å². The Hall–Kier alpha value is -1.40. The smallest absolute Gasteiger partial charge is 0.249 e. The van der Waals surface area contributed by atoms with Crippen LogP contribution in [0.4, 0.5) is 0 Å². The number of hydrogen-bond donors (Lipinski definition) is 0. The lowest BCUT2D eigenvalue weighted by molar-refractivity contribution is -0.145. The monoisotopic (exact) mass is 394 g/mol. The van der Waals surface area contributed by atoms with Crippen LogP contribution in [0.15, 0.2) is 12.2 Å². The maximum atomic E-state index is 13.0. The highest BCUT2D eigenvalue weighted by atomic mass is 16.5. The van der Waals surface area contributed by atoms with Crippen LogP contribution < -0.4 is 0 Å². The largest absolute Gasteiger partial charge is 0.354 e. The highest BCUT2D eigenvalue weighted by Gasteiger charge is 2.49. The van der Waals surface area contributed by atoms with Gasteiger partial charge in [-0.05, 0) is 38.5 Å². The summed E-state index contributed by atoms with van der Waals surface area (Å²) >= 11 is 0. The van der Waals surface area contributed by atoms with Crippen molar-refractivity contribution >= 4 is 11.8 Å². The lowest BCUT2D eigenvalue weighted by Gasteiger charge is -2.39. The van der Waals surface area contributed by atoms with Crippen LogP contribution in [-0.4, -0.2) is 58.4 Å². The zero-order valence-electron chi connectivity index (χ0n) is 19.3. The lowest BCUT2D eigenvalue weighted by atomic mass is 9.86. The van der Waals surface area contributed by atoms with Crippen LogP contribution >= 0.6 is 0 Å². The van der Waals surface area contributed by atoms with E-state index in [0.29, 0.717) is 13.2 Å². The Bertz CT molecular complexity index is 596. The molecule has 2 fully saturated rings. The normalized spacial score (nSPS) is 27.6. The molecule has 2 aliphatic heterocycles. The number of carbonyl (C=O) groups excluding carboxylic acids is 2. The van der Waals surface area contributed by atoms with Gasteiger partial charge in [0.1, 0.15) is 11.4 Å². The molecule has 2 saturated heterocycles. The molecule has 0 radical (unpaired) electrons. The molecule has 2 rings (SSSR count). The molecule has 0 aromatic carbocycles. The van der Waals surface area contributed by atoms with Crippen LogP contribution in [0.1, 0.15) is 69.2 Å². The van der Waals surface area contributed by atoms with Crippen LogP contribution in [0, 0.1) is 10.8 Å². The molecule has 2 amide bonds. The van der Waals surface area contributed by atoms with Gasteiger partial charge in [0.2, 0.25) is 11.8 Å². The number of nitrogens with zero attached hydrogens (tertiary/aromatic N) is 2. The lowest BCUT2D eigenvalue weighted by Crippen LogP contribution is -2.52. The highest BCUT2D eigenvalue weighted by molar-refractivity contribution is 5.97. The molecule has 0 spiro atoms. The molecule has 0 N–H and O–H groups in total. The van der Waals surface area contributed by atoms with Crippen LogP contribution in [0.3, 0.4) is 0 Å². The van der Waals surface area contributed by atoms with Crippen molar-refractivity contribution in [3.63, 3.8) is 0 Å². The molecule has 0 unspecified atom stereocenters. The van der Waals surface area contributed by atoms with Crippen LogP contribution in [0.2, 0.25) is 0 Å². The maximum absolute atomic E-state index is 13.0. The first-order chi connectivity index (χ1) is 12.5. The predicted molar refractivity (Wildman–Crippen MR) is 109 cm³/mol. The Morgan fingerprint density at radius 2 is 1.04 bits per heavy atom. The summed E-state index contributed by atoms with van der Waals surface area (Å²) in [7, 11) is 0. The van der Waals surface area contributed by atoms with Crippen molar-refractivity contribution in [2.75, 3.05) is 13.2 Å². The number of carbonyl (C=O) groups is 2. The van der Waals surface area contributed by atoms with E-state index in [0.717, 1.165) is 0 Å². The topological polar surface area (TPSA) is 59.1 Å². The van der Waals surface area contributed by atoms with E-state index in [4.69, 9.17) is 9.47 Å². The minimum atomic E-state index is -0.702. The minimum absolute atomic E-state index is 0.0522. The van der Waals surface area contributed by atoms with E-state index in [9.17, 15) is 9.59 Å². The maximum Gasteiger partial charge on any atom is 0.249 e. The Labute approximate surface area is 170 Å². The molecule has 0 aromatic heterocycles. The van der Waals surface area contributed by atoms with E-state index in [-0.39, 0.29) is 34.7 Å². The van der Waals surface area contributed by atoms with E-state index in [1.807, 2.05) is 27.7 Å². The van der Waals surface area contributed by atoms with E-state index < -0.39 is 11.4 Å². The fourth-order valence-corrected chi connectivity index (χ4v) is 4.02. The van der Waals surface area contributed by atoms with Crippen molar-refractivity contribution in [2.45, 2.75) is 92.8 Å². The van der Waals surface area contributed by atoms with E-state index >= 15 is 0 Å². The van der Waals surface area contributed by atoms with Gasteiger partial charge in [-0.1, -0.05) is 41.5 Å². The molecule has 0 saturated carbocycles. The SMILES string of the molecule is CC(C)(C)[C@H]1COC(C)(C)N1C(=O)/C=C/C(=O)N1[C@@H](C(C)(C)C)COC1(C)C. The van der Waals surface area contributed by atoms with Gasteiger partial charge in [-0.2, -0.15) is 0 Å². The molecule has 6 nitrogen and oxygen atoms in total. The molecule has 2 heterocycles. The quantitative estimate of drug-likeness (QED) is 0.672. The van der Waals surface area contributed by atoms with Gasteiger partial charge < -0.3 is 19.3 Å². The molecule has 0 aliphatic carbocycles. The molecular weight excluding hydrogens is 356 g/mol. The first kappa shape index (κ1) is 22.9. The van der Waals surface area contributed by atoms with E-state index in [1.165, 1.54) is 12.2 Å². The summed E-state index contributed by atoms with van der Waals surface area (Å²) in [4.78, 5) is 29.6. The molecule has 6 heteroatoms. The van der Waals surface area contributed by atoms with Gasteiger partial charge in [-0.15, -0.1) is 0 Å². The second-order valence-corrected chi connectivity index (χ2v) is 11.0. The van der Waals surface area contributed by atoms with Crippen LogP contribution in [-0.2, 0) is 19.1 Å². The molecule has 0 bridgehead atoms. The number of hydrogen-bond acceptors (Lipinski definition) is 4. The summed E-state index contributed by atoms with van der Waals surface area (Å²) in [5.74, 6) is -0.415. The summed E-state index contributed by atoms with van der Waals surface area (Å²) in [5, 5.41) is 0. The average molecular weight is 395 g/mol. The molecular formula is C22H38N2O4. The van der Waals surface area contributed by atoms with Gasteiger partial charge in [0, 0.05) is 12.2 Å². The fourth-order valence-electron chi connectivity index (χ4n) is 4.02. The Balaban J connectivity index is 2.24. The number of amides is 2. The first-order valence-corrected chi connectivity index (χ1v) is 10.1. The Morgan fingerprint density at radius 1 is 0.750 bits per heavy atom. The molecule has 160 valence electrons. The average Bonchev–Trinajstić information content (AvgIpc) is 2.99. The van der Waals surface area contributed by atoms with Crippen molar-refractivity contribution in [1.82, 2.24) is 9.80 Å². The summed E-state index contributed by atoms with van der Waals surface area (Å²) in [6, 6.07) is -0.104. The second kappa shape index (κ2) is 7.13. The highest BCUT2D eigenvalue weighted by Crippen LogP contribution is 2.38. The molecule has 2 aliphatic rings. The Morgan fingerprint density at radius 3 is 1.29 bits per heavy atom. The first-order valence-electron chi connectivity index (χ1n) is 10.1. The van der Waals surface area contributed by atoms with Crippen molar-refractivity contribution in [2.24, 2.45) is 10.8 Å². The molecule has 2 atom stereocenters.